The van der Waals surface area contributed by atoms with Crippen LogP contribution in [-0.4, -0.2) is 42.9 Å². The first-order valence-electron chi connectivity index (χ1n) is 8.58. The van der Waals surface area contributed by atoms with Crippen LogP contribution in [-0.2, 0) is 16.1 Å². The van der Waals surface area contributed by atoms with Crippen molar-refractivity contribution in [1.82, 2.24) is 15.3 Å². The third kappa shape index (κ3) is 6.27. The Hall–Kier alpha value is -3.62. The molecule has 2 N–H and O–H groups in total. The van der Waals surface area contributed by atoms with Gasteiger partial charge in [-0.1, -0.05) is 6.07 Å². The minimum absolute atomic E-state index is 0.119. The van der Waals surface area contributed by atoms with Crippen LogP contribution >= 0.6 is 0 Å². The fourth-order valence-corrected chi connectivity index (χ4v) is 2.24. The highest BCUT2D eigenvalue weighted by Crippen LogP contribution is 2.27. The molecule has 1 aromatic heterocycles. The van der Waals surface area contributed by atoms with Gasteiger partial charge in [0.15, 0.2) is 18.1 Å². The normalized spacial score (nSPS) is 10.5. The predicted molar refractivity (Wildman–Crippen MR) is 104 cm³/mol. The van der Waals surface area contributed by atoms with Gasteiger partial charge in [-0.25, -0.2) is 5.43 Å². The van der Waals surface area contributed by atoms with Gasteiger partial charge in [0.2, 0.25) is 0 Å². The zero-order valence-electron chi connectivity index (χ0n) is 15.7. The lowest BCUT2D eigenvalue weighted by Crippen LogP contribution is -2.29. The van der Waals surface area contributed by atoms with E-state index in [1.165, 1.54) is 30.2 Å². The van der Waals surface area contributed by atoms with E-state index in [4.69, 9.17) is 9.47 Å². The Balaban J connectivity index is 1.94. The summed E-state index contributed by atoms with van der Waals surface area (Å²) >= 11 is 0. The molecule has 2 amide bonds. The van der Waals surface area contributed by atoms with Crippen LogP contribution in [0.15, 0.2) is 52.5 Å². The van der Waals surface area contributed by atoms with E-state index in [2.05, 4.69) is 15.8 Å². The summed E-state index contributed by atoms with van der Waals surface area (Å²) in [5.74, 6) is 0.183. The van der Waals surface area contributed by atoms with Gasteiger partial charge >= 0.3 is 0 Å². The monoisotopic (exact) mass is 386 g/mol. The van der Waals surface area contributed by atoms with E-state index in [0.29, 0.717) is 23.6 Å². The second-order valence-corrected chi connectivity index (χ2v) is 5.61. The number of hydrogen-bond acceptors (Lipinski definition) is 6. The topological polar surface area (TPSA) is 111 Å². The van der Waals surface area contributed by atoms with Crippen molar-refractivity contribution in [2.45, 2.75) is 13.5 Å². The van der Waals surface area contributed by atoms with Crippen LogP contribution in [0, 0.1) is 0 Å². The molecule has 1 heterocycles. The van der Waals surface area contributed by atoms with E-state index < -0.39 is 5.91 Å². The van der Waals surface area contributed by atoms with Crippen molar-refractivity contribution < 1.29 is 19.1 Å². The molecule has 0 unspecified atom stereocenters. The average molecular weight is 386 g/mol. The number of nitrogens with one attached hydrogen (secondary N) is 2. The number of hydrazone groups is 1. The number of methoxy groups -OCH3 is 1. The highest BCUT2D eigenvalue weighted by molar-refractivity contribution is 5.83. The smallest absolute Gasteiger partial charge is 0.260 e. The molecule has 0 aliphatic rings. The summed E-state index contributed by atoms with van der Waals surface area (Å²) in [4.78, 5) is 34.9. The Morgan fingerprint density at radius 1 is 1.18 bits per heavy atom. The van der Waals surface area contributed by atoms with Crippen molar-refractivity contribution in [3.8, 4) is 11.5 Å². The van der Waals surface area contributed by atoms with E-state index in [-0.39, 0.29) is 24.6 Å². The number of amides is 2. The molecular formula is C19H22N4O5. The molecule has 2 aromatic rings. The summed E-state index contributed by atoms with van der Waals surface area (Å²) < 4.78 is 12.0. The van der Waals surface area contributed by atoms with Crippen LogP contribution in [0.4, 0.5) is 0 Å². The molecular weight excluding hydrogens is 364 g/mol. The van der Waals surface area contributed by atoms with Crippen molar-refractivity contribution in [2.24, 2.45) is 5.10 Å². The van der Waals surface area contributed by atoms with Gasteiger partial charge in [0.25, 0.3) is 17.4 Å². The Morgan fingerprint density at radius 2 is 2.00 bits per heavy atom. The van der Waals surface area contributed by atoms with Crippen LogP contribution in [0.25, 0.3) is 0 Å². The molecule has 0 radical (unpaired) electrons. The van der Waals surface area contributed by atoms with E-state index in [0.717, 1.165) is 0 Å². The van der Waals surface area contributed by atoms with Gasteiger partial charge in [0.1, 0.15) is 6.54 Å². The first-order valence-corrected chi connectivity index (χ1v) is 8.58. The van der Waals surface area contributed by atoms with Gasteiger partial charge < -0.3 is 19.4 Å². The quantitative estimate of drug-likeness (QED) is 0.482. The summed E-state index contributed by atoms with van der Waals surface area (Å²) in [7, 11) is 1.48. The van der Waals surface area contributed by atoms with Crippen molar-refractivity contribution in [2.75, 3.05) is 20.3 Å². The zero-order chi connectivity index (χ0) is 20.4. The van der Waals surface area contributed by atoms with E-state index in [1.807, 2.05) is 6.92 Å². The maximum Gasteiger partial charge on any atom is 0.260 e. The molecule has 9 nitrogen and oxygen atoms in total. The standard InChI is InChI=1S/C19H22N4O5/c1-3-20-18(25)13-28-15-8-7-14(10-16(15)27-2)11-21-22-17(24)12-23-9-5-4-6-19(23)26/h4-11H,3,12-13H2,1-2H3,(H,20,25)(H,22,24)/b21-11-. The minimum Gasteiger partial charge on any atom is -0.493 e. The highest BCUT2D eigenvalue weighted by atomic mass is 16.5. The number of aromatic nitrogens is 1. The summed E-state index contributed by atoms with van der Waals surface area (Å²) in [6.07, 6.45) is 2.96. The molecule has 0 spiro atoms. The van der Waals surface area contributed by atoms with Crippen molar-refractivity contribution in [3.63, 3.8) is 0 Å². The number of rotatable bonds is 9. The molecule has 0 saturated carbocycles. The lowest BCUT2D eigenvalue weighted by Gasteiger charge is -2.11. The van der Waals surface area contributed by atoms with E-state index >= 15 is 0 Å². The second kappa shape index (κ2) is 10.5. The van der Waals surface area contributed by atoms with Crippen LogP contribution in [0.5, 0.6) is 11.5 Å². The predicted octanol–water partition coefficient (Wildman–Crippen LogP) is 0.522. The Bertz CT molecular complexity index is 907. The molecule has 0 atom stereocenters. The summed E-state index contributed by atoms with van der Waals surface area (Å²) in [5, 5.41) is 6.51. The van der Waals surface area contributed by atoms with Gasteiger partial charge in [-0.15, -0.1) is 0 Å². The summed E-state index contributed by atoms with van der Waals surface area (Å²) in [6.45, 7) is 2.10. The van der Waals surface area contributed by atoms with Crippen molar-refractivity contribution in [3.05, 3.63) is 58.5 Å². The van der Waals surface area contributed by atoms with E-state index in [1.54, 1.807) is 30.3 Å². The third-order valence-electron chi connectivity index (χ3n) is 3.54. The lowest BCUT2D eigenvalue weighted by molar-refractivity contribution is -0.123. The molecule has 0 saturated heterocycles. The van der Waals surface area contributed by atoms with Crippen LogP contribution in [0.2, 0.25) is 0 Å². The van der Waals surface area contributed by atoms with Gasteiger partial charge in [-0.05, 0) is 36.8 Å². The number of carbonyl (C=O) groups is 2. The fraction of sp³-hybridized carbons (Fsp3) is 0.263. The second-order valence-electron chi connectivity index (χ2n) is 5.61. The molecule has 28 heavy (non-hydrogen) atoms. The minimum atomic E-state index is -0.432. The Kier molecular flexibility index (Phi) is 7.77. The number of likely N-dealkylation sites (N-methyl/N-ethyl adjacent to an activating group) is 1. The van der Waals surface area contributed by atoms with Crippen LogP contribution in [0.3, 0.4) is 0 Å². The van der Waals surface area contributed by atoms with Gasteiger partial charge in [-0.3, -0.25) is 14.4 Å². The van der Waals surface area contributed by atoms with E-state index in [9.17, 15) is 14.4 Å². The zero-order valence-corrected chi connectivity index (χ0v) is 15.7. The largest absolute Gasteiger partial charge is 0.493 e. The molecule has 0 aliphatic heterocycles. The van der Waals surface area contributed by atoms with Gasteiger partial charge in [-0.2, -0.15) is 5.10 Å². The average Bonchev–Trinajstić information content (AvgIpc) is 2.68. The number of ether oxygens (including phenoxy) is 2. The lowest BCUT2D eigenvalue weighted by atomic mass is 10.2. The van der Waals surface area contributed by atoms with Gasteiger partial charge in [0.05, 0.1) is 13.3 Å². The first kappa shape index (κ1) is 20.7. The summed E-state index contributed by atoms with van der Waals surface area (Å²) in [6, 6.07) is 9.64. The molecule has 2 rings (SSSR count). The number of pyridine rings is 1. The SMILES string of the molecule is CCNC(=O)COc1ccc(/C=N\NC(=O)Cn2ccccc2=O)cc1OC. The molecule has 1 aromatic carbocycles. The fourth-order valence-electron chi connectivity index (χ4n) is 2.24. The number of benzene rings is 1. The highest BCUT2D eigenvalue weighted by Gasteiger charge is 2.08. The van der Waals surface area contributed by atoms with Crippen molar-refractivity contribution >= 4 is 18.0 Å². The Morgan fingerprint density at radius 3 is 2.71 bits per heavy atom. The van der Waals surface area contributed by atoms with Gasteiger partial charge in [0, 0.05) is 18.8 Å². The van der Waals surface area contributed by atoms with Crippen LogP contribution < -0.4 is 25.8 Å². The Labute approximate surface area is 162 Å². The summed E-state index contributed by atoms with van der Waals surface area (Å²) in [5.41, 5.74) is 2.74. The molecule has 0 fully saturated rings. The number of nitrogens with zero attached hydrogens (tertiary/aromatic N) is 2. The third-order valence-corrected chi connectivity index (χ3v) is 3.54. The van der Waals surface area contributed by atoms with Crippen LogP contribution in [0.1, 0.15) is 12.5 Å². The number of hydrogen-bond donors (Lipinski definition) is 2. The molecule has 148 valence electrons. The van der Waals surface area contributed by atoms with Crippen molar-refractivity contribution in [1.29, 1.82) is 0 Å². The number of carbonyl (C=O) groups excluding carboxylic acids is 2. The first-order chi connectivity index (χ1) is 13.5. The maximum atomic E-state index is 11.9. The maximum absolute atomic E-state index is 11.9. The molecule has 9 heteroatoms. The molecule has 0 aliphatic carbocycles. The molecule has 0 bridgehead atoms.